The van der Waals surface area contributed by atoms with Gasteiger partial charge in [0.25, 0.3) is 5.91 Å². The van der Waals surface area contributed by atoms with Crippen molar-refractivity contribution < 1.29 is 19.1 Å². The fourth-order valence-electron chi connectivity index (χ4n) is 4.04. The van der Waals surface area contributed by atoms with E-state index in [2.05, 4.69) is 28.2 Å². The highest BCUT2D eigenvalue weighted by atomic mass is 79.9. The Morgan fingerprint density at radius 2 is 1.96 bits per heavy atom. The molecule has 2 aliphatic heterocycles. The summed E-state index contributed by atoms with van der Waals surface area (Å²) in [5.74, 6) is 1.38. The number of ether oxygens (including phenoxy) is 2. The fraction of sp³-hybridized carbons (Fsp3) is 0.556. The minimum absolute atomic E-state index is 0.105. The van der Waals surface area contributed by atoms with Crippen molar-refractivity contribution in [3.8, 4) is 11.5 Å². The molecule has 134 valence electrons. The first-order valence-corrected chi connectivity index (χ1v) is 9.53. The molecule has 0 aromatic heterocycles. The van der Waals surface area contributed by atoms with Crippen LogP contribution in [0.5, 0.6) is 11.5 Å². The number of carbonyl (C=O) groups is 2. The SMILES string of the molecule is C[C@H]1CCCC[C@@]12NC(=O)N(Cc1cc3c(cc1Br)OCCO3)C2=O. The van der Waals surface area contributed by atoms with E-state index in [0.29, 0.717) is 24.7 Å². The first-order valence-electron chi connectivity index (χ1n) is 8.73. The molecule has 0 unspecified atom stereocenters. The summed E-state index contributed by atoms with van der Waals surface area (Å²) in [4.78, 5) is 26.9. The van der Waals surface area contributed by atoms with Gasteiger partial charge in [0.2, 0.25) is 0 Å². The van der Waals surface area contributed by atoms with E-state index >= 15 is 0 Å². The topological polar surface area (TPSA) is 67.9 Å². The van der Waals surface area contributed by atoms with E-state index in [-0.39, 0.29) is 24.4 Å². The molecule has 0 bridgehead atoms. The van der Waals surface area contributed by atoms with Crippen LogP contribution in [-0.2, 0) is 11.3 Å². The molecular weight excluding hydrogens is 388 g/mol. The molecule has 3 aliphatic rings. The van der Waals surface area contributed by atoms with Gasteiger partial charge in [-0.1, -0.05) is 35.7 Å². The Balaban J connectivity index is 1.61. The van der Waals surface area contributed by atoms with Gasteiger partial charge in [-0.15, -0.1) is 0 Å². The lowest BCUT2D eigenvalue weighted by Gasteiger charge is -2.36. The highest BCUT2D eigenvalue weighted by Gasteiger charge is 2.54. The number of rotatable bonds is 2. The van der Waals surface area contributed by atoms with Gasteiger partial charge >= 0.3 is 6.03 Å². The van der Waals surface area contributed by atoms with Gasteiger partial charge in [0.05, 0.1) is 6.54 Å². The summed E-state index contributed by atoms with van der Waals surface area (Å²) >= 11 is 3.52. The monoisotopic (exact) mass is 408 g/mol. The predicted molar refractivity (Wildman–Crippen MR) is 94.6 cm³/mol. The molecule has 6 nitrogen and oxygen atoms in total. The number of nitrogens with zero attached hydrogens (tertiary/aromatic N) is 1. The van der Waals surface area contributed by atoms with E-state index < -0.39 is 5.54 Å². The van der Waals surface area contributed by atoms with Crippen molar-refractivity contribution in [2.75, 3.05) is 13.2 Å². The van der Waals surface area contributed by atoms with E-state index in [1.54, 1.807) is 0 Å². The highest BCUT2D eigenvalue weighted by molar-refractivity contribution is 9.10. The molecule has 1 spiro atoms. The number of urea groups is 1. The molecule has 1 aromatic rings. The van der Waals surface area contributed by atoms with Crippen molar-refractivity contribution in [1.29, 1.82) is 0 Å². The van der Waals surface area contributed by atoms with Gasteiger partial charge in [0.15, 0.2) is 11.5 Å². The molecule has 25 heavy (non-hydrogen) atoms. The molecule has 2 heterocycles. The van der Waals surface area contributed by atoms with Crippen LogP contribution in [0.3, 0.4) is 0 Å². The lowest BCUT2D eigenvalue weighted by molar-refractivity contribution is -0.134. The van der Waals surface area contributed by atoms with E-state index in [1.807, 2.05) is 12.1 Å². The molecule has 2 atom stereocenters. The number of benzene rings is 1. The maximum Gasteiger partial charge on any atom is 0.325 e. The van der Waals surface area contributed by atoms with Gasteiger partial charge in [-0.3, -0.25) is 9.69 Å². The second kappa shape index (κ2) is 6.20. The number of imide groups is 1. The zero-order valence-electron chi connectivity index (χ0n) is 14.1. The van der Waals surface area contributed by atoms with Crippen molar-refractivity contribution in [2.45, 2.75) is 44.7 Å². The molecule has 1 N–H and O–H groups in total. The number of nitrogens with one attached hydrogen (secondary N) is 1. The Bertz CT molecular complexity index is 738. The van der Waals surface area contributed by atoms with Gasteiger partial charge in [-0.2, -0.15) is 0 Å². The summed E-state index contributed by atoms with van der Waals surface area (Å²) in [6.07, 6.45) is 3.77. The Labute approximate surface area is 155 Å². The van der Waals surface area contributed by atoms with Gasteiger partial charge < -0.3 is 14.8 Å². The van der Waals surface area contributed by atoms with E-state index in [4.69, 9.17) is 9.47 Å². The minimum atomic E-state index is -0.727. The molecule has 1 aliphatic carbocycles. The van der Waals surface area contributed by atoms with Crippen LogP contribution in [-0.4, -0.2) is 35.6 Å². The Morgan fingerprint density at radius 3 is 2.68 bits per heavy atom. The molecule has 1 aromatic carbocycles. The molecule has 3 amide bonds. The number of hydrogen-bond acceptors (Lipinski definition) is 4. The Morgan fingerprint density at radius 1 is 1.24 bits per heavy atom. The van der Waals surface area contributed by atoms with Crippen LogP contribution in [0.25, 0.3) is 0 Å². The van der Waals surface area contributed by atoms with Crippen molar-refractivity contribution in [1.82, 2.24) is 10.2 Å². The van der Waals surface area contributed by atoms with Gasteiger partial charge in [-0.25, -0.2) is 4.79 Å². The third-order valence-electron chi connectivity index (χ3n) is 5.54. The third kappa shape index (κ3) is 2.69. The van der Waals surface area contributed by atoms with Crippen LogP contribution in [0.15, 0.2) is 16.6 Å². The fourth-order valence-corrected chi connectivity index (χ4v) is 4.48. The van der Waals surface area contributed by atoms with Crippen LogP contribution >= 0.6 is 15.9 Å². The number of amides is 3. The third-order valence-corrected chi connectivity index (χ3v) is 6.28. The van der Waals surface area contributed by atoms with Crippen LogP contribution in [0.4, 0.5) is 4.79 Å². The summed E-state index contributed by atoms with van der Waals surface area (Å²) in [5, 5.41) is 2.99. The average molecular weight is 409 g/mol. The van der Waals surface area contributed by atoms with Crippen molar-refractivity contribution in [2.24, 2.45) is 5.92 Å². The smallest absolute Gasteiger partial charge is 0.325 e. The number of fused-ring (bicyclic) bond motifs is 1. The van der Waals surface area contributed by atoms with Crippen LogP contribution in [0.2, 0.25) is 0 Å². The zero-order chi connectivity index (χ0) is 17.6. The predicted octanol–water partition coefficient (Wildman–Crippen LogP) is 3.22. The first kappa shape index (κ1) is 16.7. The molecular formula is C18H21BrN2O4. The molecule has 1 saturated carbocycles. The van der Waals surface area contributed by atoms with E-state index in [1.165, 1.54) is 4.90 Å². The number of hydrogen-bond donors (Lipinski definition) is 1. The zero-order valence-corrected chi connectivity index (χ0v) is 15.7. The summed E-state index contributed by atoms with van der Waals surface area (Å²) in [5.41, 5.74) is 0.101. The standard InChI is InChI=1S/C18H21BrN2O4/c1-11-4-2-3-5-18(11)16(22)21(17(23)20-18)10-12-8-14-15(9-13(12)19)25-7-6-24-14/h8-9,11H,2-7,10H2,1H3,(H,20,23)/t11-,18+/m0/s1. The summed E-state index contributed by atoms with van der Waals surface area (Å²) in [6.45, 7) is 3.29. The first-order chi connectivity index (χ1) is 12.0. The highest BCUT2D eigenvalue weighted by Crippen LogP contribution is 2.40. The molecule has 7 heteroatoms. The average Bonchev–Trinajstić information content (AvgIpc) is 2.83. The number of carbonyl (C=O) groups excluding carboxylic acids is 2. The van der Waals surface area contributed by atoms with Crippen LogP contribution < -0.4 is 14.8 Å². The second-order valence-electron chi connectivity index (χ2n) is 7.03. The summed E-state index contributed by atoms with van der Waals surface area (Å²) in [6, 6.07) is 3.37. The molecule has 1 saturated heterocycles. The van der Waals surface area contributed by atoms with E-state index in [9.17, 15) is 9.59 Å². The maximum atomic E-state index is 13.1. The Hall–Kier alpha value is -1.76. The lowest BCUT2D eigenvalue weighted by Crippen LogP contribution is -2.53. The van der Waals surface area contributed by atoms with Crippen LogP contribution in [0, 0.1) is 5.92 Å². The normalized spacial score (nSPS) is 28.4. The molecule has 0 radical (unpaired) electrons. The van der Waals surface area contributed by atoms with Crippen molar-refractivity contribution >= 4 is 27.9 Å². The summed E-state index contributed by atoms with van der Waals surface area (Å²) < 4.78 is 12.0. The Kier molecular flexibility index (Phi) is 4.14. The minimum Gasteiger partial charge on any atom is -0.486 e. The molecule has 2 fully saturated rings. The van der Waals surface area contributed by atoms with Crippen LogP contribution in [0.1, 0.15) is 38.2 Å². The maximum absolute atomic E-state index is 13.1. The summed E-state index contributed by atoms with van der Waals surface area (Å²) in [7, 11) is 0. The van der Waals surface area contributed by atoms with Gasteiger partial charge in [0.1, 0.15) is 18.8 Å². The molecule has 4 rings (SSSR count). The van der Waals surface area contributed by atoms with E-state index in [0.717, 1.165) is 35.7 Å². The lowest BCUT2D eigenvalue weighted by atomic mass is 9.73. The largest absolute Gasteiger partial charge is 0.486 e. The van der Waals surface area contributed by atoms with Gasteiger partial charge in [0, 0.05) is 4.47 Å². The van der Waals surface area contributed by atoms with Crippen molar-refractivity contribution in [3.63, 3.8) is 0 Å². The van der Waals surface area contributed by atoms with Gasteiger partial charge in [-0.05, 0) is 36.5 Å². The quantitative estimate of drug-likeness (QED) is 0.762. The second-order valence-corrected chi connectivity index (χ2v) is 7.88. The van der Waals surface area contributed by atoms with Crippen molar-refractivity contribution in [3.05, 3.63) is 22.2 Å². The number of halogens is 1.